The minimum Gasteiger partial charge on any atom is -0.398 e. The van der Waals surface area contributed by atoms with Crippen molar-refractivity contribution in [3.63, 3.8) is 0 Å². The summed E-state index contributed by atoms with van der Waals surface area (Å²) in [5.41, 5.74) is 7.63. The highest BCUT2D eigenvalue weighted by Gasteiger charge is 2.27. The maximum Gasteiger partial charge on any atom is 0.374 e. The van der Waals surface area contributed by atoms with Crippen LogP contribution < -0.4 is 9.47 Å². The summed E-state index contributed by atoms with van der Waals surface area (Å²) in [7, 11) is 0. The molecular formula is C31H35N2OS+. The van der Waals surface area contributed by atoms with E-state index in [1.54, 1.807) is 0 Å². The van der Waals surface area contributed by atoms with E-state index in [1.807, 2.05) is 23.9 Å². The molecule has 5 rings (SSSR count). The van der Waals surface area contributed by atoms with E-state index in [0.29, 0.717) is 0 Å². The van der Waals surface area contributed by atoms with Crippen LogP contribution >= 0.6 is 11.8 Å². The molecule has 1 aliphatic heterocycles. The van der Waals surface area contributed by atoms with E-state index in [9.17, 15) is 0 Å². The average Bonchev–Trinajstić information content (AvgIpc) is 3.34. The van der Waals surface area contributed by atoms with Gasteiger partial charge < -0.3 is 9.32 Å². The number of anilines is 1. The van der Waals surface area contributed by atoms with Crippen molar-refractivity contribution < 1.29 is 8.98 Å². The minimum atomic E-state index is 0.210. The fourth-order valence-electron chi connectivity index (χ4n) is 5.27. The molecule has 0 N–H and O–H groups in total. The summed E-state index contributed by atoms with van der Waals surface area (Å²) in [6, 6.07) is 15.0. The number of allylic oxidation sites excluding steroid dienone is 6. The number of oxazole rings is 1. The lowest BCUT2D eigenvalue weighted by atomic mass is 9.75. The van der Waals surface area contributed by atoms with Gasteiger partial charge in [-0.2, -0.15) is 4.57 Å². The molecule has 0 unspecified atom stereocenters. The Morgan fingerprint density at radius 2 is 1.94 bits per heavy atom. The Morgan fingerprint density at radius 3 is 2.74 bits per heavy atom. The van der Waals surface area contributed by atoms with E-state index in [4.69, 9.17) is 4.42 Å². The summed E-state index contributed by atoms with van der Waals surface area (Å²) in [4.78, 5) is 3.75. The molecule has 1 aliphatic carbocycles. The number of aromatic nitrogens is 1. The van der Waals surface area contributed by atoms with Gasteiger partial charge in [-0.3, -0.25) is 0 Å². The number of hydrogen-bond acceptors (Lipinski definition) is 3. The first-order valence-electron chi connectivity index (χ1n) is 12.6. The Morgan fingerprint density at radius 1 is 1.11 bits per heavy atom. The molecular weight excluding hydrogens is 448 g/mol. The number of thioether (sulfide) groups is 1. The molecule has 4 heteroatoms. The number of fused-ring (bicyclic) bond motifs is 2. The Hall–Kier alpha value is -2.98. The van der Waals surface area contributed by atoms with Crippen molar-refractivity contribution in [2.45, 2.75) is 58.9 Å². The van der Waals surface area contributed by atoms with Crippen LogP contribution in [0.4, 0.5) is 5.69 Å². The first-order chi connectivity index (χ1) is 16.9. The van der Waals surface area contributed by atoms with E-state index < -0.39 is 0 Å². The van der Waals surface area contributed by atoms with Crippen LogP contribution in [0.2, 0.25) is 0 Å². The molecule has 0 saturated carbocycles. The van der Waals surface area contributed by atoms with E-state index in [0.717, 1.165) is 42.9 Å². The lowest BCUT2D eigenvalue weighted by Crippen LogP contribution is -2.33. The molecule has 2 aromatic carbocycles. The number of para-hydroxylation sites is 2. The van der Waals surface area contributed by atoms with Gasteiger partial charge in [0.05, 0.1) is 16.8 Å². The second kappa shape index (κ2) is 9.58. The third-order valence-electron chi connectivity index (χ3n) is 6.75. The number of nitrogens with zero attached hydrogens (tertiary/aromatic N) is 2. The Labute approximate surface area is 213 Å². The number of hydrogen-bond donors (Lipinski definition) is 0. The Balaban J connectivity index is 1.43. The lowest BCUT2D eigenvalue weighted by Gasteiger charge is -2.30. The highest BCUT2D eigenvalue weighted by atomic mass is 32.2. The van der Waals surface area contributed by atoms with E-state index in [1.165, 1.54) is 32.3 Å². The molecule has 0 radical (unpaired) electrons. The fraction of sp³-hybridized carbons (Fsp3) is 0.323. The zero-order valence-corrected chi connectivity index (χ0v) is 22.3. The smallest absolute Gasteiger partial charge is 0.374 e. The van der Waals surface area contributed by atoms with Crippen LogP contribution in [-0.2, 0) is 6.54 Å². The quantitative estimate of drug-likeness (QED) is 0.341. The maximum absolute atomic E-state index is 6.23. The molecule has 3 aromatic rings. The minimum absolute atomic E-state index is 0.210. The van der Waals surface area contributed by atoms with Crippen molar-refractivity contribution in [1.29, 1.82) is 0 Å². The van der Waals surface area contributed by atoms with Gasteiger partial charge in [0.1, 0.15) is 6.54 Å². The van der Waals surface area contributed by atoms with Gasteiger partial charge in [0, 0.05) is 17.5 Å². The molecule has 1 aromatic heterocycles. The molecule has 0 bridgehead atoms. The SMILES string of the molecule is CCN1/C(=C/C=C/C2=CC(=Cc3oc4ccccc4[n+]3CC)CC(C)(C)C2)Sc2ccc(C)cc21. The molecule has 2 aliphatic rings. The Bertz CT molecular complexity index is 1390. The lowest BCUT2D eigenvalue weighted by molar-refractivity contribution is -0.674. The summed E-state index contributed by atoms with van der Waals surface area (Å²) in [6.45, 7) is 13.1. The van der Waals surface area contributed by atoms with Gasteiger partial charge in [-0.25, -0.2) is 0 Å². The molecule has 0 spiro atoms. The van der Waals surface area contributed by atoms with Crippen LogP contribution in [0.5, 0.6) is 0 Å². The summed E-state index contributed by atoms with van der Waals surface area (Å²) in [6.07, 6.45) is 13.5. The molecule has 35 heavy (non-hydrogen) atoms. The third kappa shape index (κ3) is 4.90. The first kappa shape index (κ1) is 23.7. The van der Waals surface area contributed by atoms with Crippen LogP contribution in [0.3, 0.4) is 0 Å². The van der Waals surface area contributed by atoms with Crippen molar-refractivity contribution in [1.82, 2.24) is 0 Å². The molecule has 0 amide bonds. The van der Waals surface area contributed by atoms with Crippen LogP contribution in [0.1, 0.15) is 52.0 Å². The standard InChI is InChI=1S/C31H35N2OS/c1-6-32-25-12-8-9-13-27(25)34-29(32)19-24-18-23(20-31(4,5)21-24)11-10-14-30-33(7-2)26-17-22(3)15-16-28(26)35-30/h8-19H,6-7,20-21H2,1-5H3/q+1. The normalized spacial score (nSPS) is 19.8. The Kier molecular flexibility index (Phi) is 6.50. The number of benzene rings is 2. The van der Waals surface area contributed by atoms with Crippen molar-refractivity contribution in [3.8, 4) is 0 Å². The van der Waals surface area contributed by atoms with Crippen molar-refractivity contribution in [2.75, 3.05) is 11.4 Å². The van der Waals surface area contributed by atoms with Crippen molar-refractivity contribution >= 4 is 34.6 Å². The summed E-state index contributed by atoms with van der Waals surface area (Å²) in [5, 5.41) is 1.29. The van der Waals surface area contributed by atoms with Crippen molar-refractivity contribution in [3.05, 3.63) is 94.4 Å². The van der Waals surface area contributed by atoms with Crippen LogP contribution in [-0.4, -0.2) is 6.54 Å². The first-order valence-corrected chi connectivity index (χ1v) is 13.5. The predicted octanol–water partition coefficient (Wildman–Crippen LogP) is 8.21. The van der Waals surface area contributed by atoms with Crippen LogP contribution in [0, 0.1) is 12.3 Å². The van der Waals surface area contributed by atoms with E-state index in [-0.39, 0.29) is 5.41 Å². The summed E-state index contributed by atoms with van der Waals surface area (Å²) < 4.78 is 8.49. The molecule has 0 atom stereocenters. The second-order valence-electron chi connectivity index (χ2n) is 10.3. The van der Waals surface area contributed by atoms with E-state index in [2.05, 4.69) is 105 Å². The number of aryl methyl sites for hydroxylation is 2. The van der Waals surface area contributed by atoms with Gasteiger partial charge in [0.15, 0.2) is 0 Å². The van der Waals surface area contributed by atoms with Gasteiger partial charge in [-0.1, -0.05) is 62.0 Å². The topological polar surface area (TPSA) is 20.3 Å². The van der Waals surface area contributed by atoms with Crippen LogP contribution in [0.15, 0.2) is 92.3 Å². The molecule has 180 valence electrons. The molecule has 0 fully saturated rings. The van der Waals surface area contributed by atoms with Gasteiger partial charge >= 0.3 is 5.89 Å². The highest BCUT2D eigenvalue weighted by Crippen LogP contribution is 2.46. The zero-order valence-electron chi connectivity index (χ0n) is 21.5. The van der Waals surface area contributed by atoms with Crippen molar-refractivity contribution in [2.24, 2.45) is 5.41 Å². The van der Waals surface area contributed by atoms with E-state index >= 15 is 0 Å². The van der Waals surface area contributed by atoms with Gasteiger partial charge in [-0.15, -0.1) is 0 Å². The second-order valence-corrected chi connectivity index (χ2v) is 11.4. The predicted molar refractivity (Wildman–Crippen MR) is 148 cm³/mol. The highest BCUT2D eigenvalue weighted by molar-refractivity contribution is 8.03. The molecule has 0 saturated heterocycles. The third-order valence-corrected chi connectivity index (χ3v) is 7.88. The monoisotopic (exact) mass is 483 g/mol. The molecule has 3 nitrogen and oxygen atoms in total. The van der Waals surface area contributed by atoms with Crippen LogP contribution in [0.25, 0.3) is 17.2 Å². The average molecular weight is 484 g/mol. The summed E-state index contributed by atoms with van der Waals surface area (Å²) >= 11 is 1.86. The zero-order chi connectivity index (χ0) is 24.6. The number of rotatable bonds is 5. The summed E-state index contributed by atoms with van der Waals surface area (Å²) in [5.74, 6) is 0.928. The fourth-order valence-corrected chi connectivity index (χ4v) is 6.39. The van der Waals surface area contributed by atoms with Gasteiger partial charge in [0.2, 0.25) is 5.58 Å². The van der Waals surface area contributed by atoms with Gasteiger partial charge in [-0.05, 0) is 80.0 Å². The maximum atomic E-state index is 6.23. The molecule has 2 heterocycles. The van der Waals surface area contributed by atoms with Gasteiger partial charge in [0.25, 0.3) is 5.52 Å². The largest absolute Gasteiger partial charge is 0.398 e.